The molecule has 0 aliphatic heterocycles. The molecule has 0 aromatic heterocycles. The molecule has 0 unspecified atom stereocenters. The molecule has 3 aliphatic rings. The topological polar surface area (TPSA) is 40.0 Å². The minimum absolute atomic E-state index is 0.227. The molecule has 2 fully saturated rings. The lowest BCUT2D eigenvalue weighted by atomic mass is 9.55. The van der Waals surface area contributed by atoms with Crippen LogP contribution in [0.25, 0.3) is 0 Å². The predicted octanol–water partition coefficient (Wildman–Crippen LogP) is 4.56. The Hall–Kier alpha value is -1.71. The van der Waals surface area contributed by atoms with Crippen molar-refractivity contribution in [3.05, 3.63) is 23.3 Å². The van der Waals surface area contributed by atoms with E-state index < -0.39 is 0 Å². The van der Waals surface area contributed by atoms with E-state index in [9.17, 15) is 0 Å². The van der Waals surface area contributed by atoms with Crippen LogP contribution in [0, 0.1) is 17.3 Å². The van der Waals surface area contributed by atoms with Crippen LogP contribution < -0.4 is 9.47 Å². The zero-order chi connectivity index (χ0) is 17.6. The molecule has 0 heterocycles. The summed E-state index contributed by atoms with van der Waals surface area (Å²) in [4.78, 5) is 5.15. The van der Waals surface area contributed by atoms with Crippen molar-refractivity contribution in [1.82, 2.24) is 0 Å². The summed E-state index contributed by atoms with van der Waals surface area (Å²) in [6.07, 6.45) is 7.10. The molecular formula is C21H29NO3. The maximum atomic E-state index is 5.71. The molecule has 1 aromatic carbocycles. The first-order valence-electron chi connectivity index (χ1n) is 9.48. The van der Waals surface area contributed by atoms with Gasteiger partial charge in [0.25, 0.3) is 0 Å². The minimum Gasteiger partial charge on any atom is -0.493 e. The minimum atomic E-state index is 0.227. The maximum absolute atomic E-state index is 5.71. The molecule has 136 valence electrons. The van der Waals surface area contributed by atoms with Crippen LogP contribution in [0.4, 0.5) is 0 Å². The Kier molecular flexibility index (Phi) is 4.17. The number of methoxy groups -OCH3 is 2. The summed E-state index contributed by atoms with van der Waals surface area (Å²) < 4.78 is 11.2. The molecule has 0 radical (unpaired) electrons. The Morgan fingerprint density at radius 1 is 1.04 bits per heavy atom. The Morgan fingerprint density at radius 2 is 1.88 bits per heavy atom. The summed E-state index contributed by atoms with van der Waals surface area (Å²) in [7, 11) is 5.15. The number of fused-ring (bicyclic) bond motifs is 5. The molecule has 1 aromatic rings. The molecule has 0 amide bonds. The highest BCUT2D eigenvalue weighted by molar-refractivity contribution is 5.92. The van der Waals surface area contributed by atoms with E-state index in [1.165, 1.54) is 42.5 Å². The molecule has 3 aliphatic carbocycles. The lowest BCUT2D eigenvalue weighted by Crippen LogP contribution is -2.42. The van der Waals surface area contributed by atoms with E-state index in [1.807, 2.05) is 0 Å². The normalized spacial score (nSPS) is 34.9. The number of benzene rings is 1. The first-order chi connectivity index (χ1) is 12.1. The molecule has 0 N–H and O–H groups in total. The van der Waals surface area contributed by atoms with Gasteiger partial charge in [-0.2, -0.15) is 0 Å². The summed E-state index contributed by atoms with van der Waals surface area (Å²) in [6, 6.07) is 4.37. The SMILES string of the molecule is CO/N=C1\CC[C@H]2[C@@H]3CCc4c(ccc(OC)c4OC)[C@H]3CC[C@]12C. The fourth-order valence-corrected chi connectivity index (χ4v) is 6.05. The molecule has 0 saturated heterocycles. The van der Waals surface area contributed by atoms with Crippen molar-refractivity contribution in [3.8, 4) is 11.5 Å². The van der Waals surface area contributed by atoms with E-state index in [4.69, 9.17) is 14.3 Å². The van der Waals surface area contributed by atoms with Crippen LogP contribution in [0.3, 0.4) is 0 Å². The van der Waals surface area contributed by atoms with Crippen LogP contribution in [0.15, 0.2) is 17.3 Å². The third kappa shape index (κ3) is 2.37. The molecule has 25 heavy (non-hydrogen) atoms. The summed E-state index contributed by atoms with van der Waals surface area (Å²) in [5, 5.41) is 4.39. The van der Waals surface area contributed by atoms with Gasteiger partial charge in [-0.1, -0.05) is 18.1 Å². The first kappa shape index (κ1) is 16.7. The van der Waals surface area contributed by atoms with E-state index in [2.05, 4.69) is 24.2 Å². The molecule has 4 rings (SSSR count). The number of ether oxygens (including phenoxy) is 2. The predicted molar refractivity (Wildman–Crippen MR) is 98.6 cm³/mol. The molecule has 4 atom stereocenters. The average molecular weight is 343 g/mol. The lowest BCUT2D eigenvalue weighted by Gasteiger charge is -2.49. The van der Waals surface area contributed by atoms with Crippen LogP contribution >= 0.6 is 0 Å². The molecule has 2 saturated carbocycles. The van der Waals surface area contributed by atoms with Crippen molar-refractivity contribution in [2.24, 2.45) is 22.4 Å². The van der Waals surface area contributed by atoms with E-state index in [0.29, 0.717) is 5.92 Å². The van der Waals surface area contributed by atoms with Gasteiger partial charge in [0, 0.05) is 11.0 Å². The van der Waals surface area contributed by atoms with E-state index in [-0.39, 0.29) is 5.41 Å². The van der Waals surface area contributed by atoms with Crippen molar-refractivity contribution in [2.45, 2.75) is 51.4 Å². The van der Waals surface area contributed by atoms with Gasteiger partial charge in [-0.3, -0.25) is 0 Å². The van der Waals surface area contributed by atoms with Crippen LogP contribution in [-0.2, 0) is 11.3 Å². The van der Waals surface area contributed by atoms with Gasteiger partial charge in [0.2, 0.25) is 0 Å². The summed E-state index contributed by atoms with van der Waals surface area (Å²) >= 11 is 0. The summed E-state index contributed by atoms with van der Waals surface area (Å²) in [5.41, 5.74) is 4.38. The number of hydrogen-bond donors (Lipinski definition) is 0. The van der Waals surface area contributed by atoms with Crippen LogP contribution in [0.2, 0.25) is 0 Å². The second-order valence-electron chi connectivity index (χ2n) is 8.00. The summed E-state index contributed by atoms with van der Waals surface area (Å²) in [5.74, 6) is 3.91. The quantitative estimate of drug-likeness (QED) is 0.755. The highest BCUT2D eigenvalue weighted by atomic mass is 16.6. The number of oxime groups is 1. The number of nitrogens with zero attached hydrogens (tertiary/aromatic N) is 1. The average Bonchev–Trinajstić information content (AvgIpc) is 2.97. The second-order valence-corrected chi connectivity index (χ2v) is 8.00. The van der Waals surface area contributed by atoms with Crippen LogP contribution in [0.5, 0.6) is 11.5 Å². The van der Waals surface area contributed by atoms with E-state index >= 15 is 0 Å². The Morgan fingerprint density at radius 3 is 2.60 bits per heavy atom. The van der Waals surface area contributed by atoms with Gasteiger partial charge in [0.05, 0.1) is 19.9 Å². The van der Waals surface area contributed by atoms with Crippen molar-refractivity contribution >= 4 is 5.71 Å². The smallest absolute Gasteiger partial charge is 0.164 e. The lowest BCUT2D eigenvalue weighted by molar-refractivity contribution is 0.0919. The zero-order valence-corrected chi connectivity index (χ0v) is 15.8. The third-order valence-corrected chi connectivity index (χ3v) is 7.19. The zero-order valence-electron chi connectivity index (χ0n) is 15.8. The summed E-state index contributed by atoms with van der Waals surface area (Å²) in [6.45, 7) is 2.42. The molecule has 0 spiro atoms. The van der Waals surface area contributed by atoms with Gasteiger partial charge < -0.3 is 14.3 Å². The molecule has 4 nitrogen and oxygen atoms in total. The third-order valence-electron chi connectivity index (χ3n) is 7.19. The van der Waals surface area contributed by atoms with Crippen LogP contribution in [-0.4, -0.2) is 27.0 Å². The van der Waals surface area contributed by atoms with Gasteiger partial charge in [0.1, 0.15) is 7.11 Å². The van der Waals surface area contributed by atoms with Crippen molar-refractivity contribution < 1.29 is 14.3 Å². The highest BCUT2D eigenvalue weighted by Crippen LogP contribution is 2.60. The Balaban J connectivity index is 1.70. The first-order valence-corrected chi connectivity index (χ1v) is 9.48. The fourth-order valence-electron chi connectivity index (χ4n) is 6.05. The molecular weight excluding hydrogens is 314 g/mol. The second kappa shape index (κ2) is 6.22. The van der Waals surface area contributed by atoms with Crippen molar-refractivity contribution in [3.63, 3.8) is 0 Å². The monoisotopic (exact) mass is 343 g/mol. The van der Waals surface area contributed by atoms with E-state index in [0.717, 1.165) is 36.2 Å². The van der Waals surface area contributed by atoms with Crippen LogP contribution in [0.1, 0.15) is 56.1 Å². The maximum Gasteiger partial charge on any atom is 0.164 e. The Bertz CT molecular complexity index is 699. The molecule has 4 heteroatoms. The number of hydrogen-bond acceptors (Lipinski definition) is 4. The number of rotatable bonds is 3. The van der Waals surface area contributed by atoms with E-state index in [1.54, 1.807) is 21.3 Å². The highest BCUT2D eigenvalue weighted by Gasteiger charge is 2.54. The standard InChI is InChI=1S/C21H29NO3/c1-21-12-11-14-13-7-9-18(23-2)20(24-3)16(13)6-5-15(14)17(21)8-10-19(21)22-25-4/h7,9,14-15,17H,5-6,8,10-12H2,1-4H3/b22-19+/t14-,15-,17+,21+/m1/s1. The molecule has 0 bridgehead atoms. The van der Waals surface area contributed by atoms with Gasteiger partial charge in [-0.25, -0.2) is 0 Å². The van der Waals surface area contributed by atoms with Crippen molar-refractivity contribution in [2.75, 3.05) is 21.3 Å². The van der Waals surface area contributed by atoms with Crippen molar-refractivity contribution in [1.29, 1.82) is 0 Å². The Labute approximate surface area is 150 Å². The van der Waals surface area contributed by atoms with Gasteiger partial charge in [-0.05, 0) is 67.9 Å². The largest absolute Gasteiger partial charge is 0.493 e. The van der Waals surface area contributed by atoms with Gasteiger partial charge >= 0.3 is 0 Å². The fraction of sp³-hybridized carbons (Fsp3) is 0.667. The van der Waals surface area contributed by atoms with Gasteiger partial charge in [-0.15, -0.1) is 0 Å². The van der Waals surface area contributed by atoms with Gasteiger partial charge in [0.15, 0.2) is 11.5 Å².